The molecule has 0 aromatic carbocycles. The molecule has 3 heteroatoms. The van der Waals surface area contributed by atoms with Gasteiger partial charge in [-0.15, -0.1) is 4.91 Å². The van der Waals surface area contributed by atoms with Gasteiger partial charge in [-0.25, -0.2) is 0 Å². The second-order valence-corrected chi connectivity index (χ2v) is 1.55. The van der Waals surface area contributed by atoms with E-state index in [0.717, 1.165) is 0 Å². The van der Waals surface area contributed by atoms with Crippen molar-refractivity contribution in [3.8, 4) is 0 Å². The van der Waals surface area contributed by atoms with Crippen LogP contribution in [0.5, 0.6) is 0 Å². The van der Waals surface area contributed by atoms with Gasteiger partial charge in [0.2, 0.25) is 0 Å². The molecule has 54 valence electrons. The highest BCUT2D eigenvalue weighted by molar-refractivity contribution is 5.26. The molecule has 0 saturated heterocycles. The quantitative estimate of drug-likeness (QED) is 0.370. The van der Waals surface area contributed by atoms with E-state index in [2.05, 4.69) is 11.8 Å². The van der Waals surface area contributed by atoms with E-state index in [-0.39, 0.29) is 11.5 Å². The fraction of sp³-hybridized carbons (Fsp3) is 0.143. The maximum atomic E-state index is 9.93. The van der Waals surface area contributed by atoms with E-state index in [1.807, 2.05) is 0 Å². The van der Waals surface area contributed by atoms with Crippen molar-refractivity contribution < 1.29 is 5.11 Å². The molecule has 0 aliphatic heterocycles. The normalized spacial score (nSPS) is 12.9. The van der Waals surface area contributed by atoms with Gasteiger partial charge >= 0.3 is 0 Å². The fourth-order valence-corrected chi connectivity index (χ4v) is 0.422. The van der Waals surface area contributed by atoms with Gasteiger partial charge in [-0.1, -0.05) is 12.7 Å². The Labute approximate surface area is 59.3 Å². The first-order valence-corrected chi connectivity index (χ1v) is 2.78. The molecule has 0 aliphatic rings. The molecule has 0 unspecified atom stereocenters. The summed E-state index contributed by atoms with van der Waals surface area (Å²) in [6, 6.07) is 0. The lowest BCUT2D eigenvalue weighted by molar-refractivity contribution is 0.421. The number of allylic oxidation sites excluding steroid dienone is 3. The summed E-state index contributed by atoms with van der Waals surface area (Å²) >= 11 is 0. The van der Waals surface area contributed by atoms with Crippen molar-refractivity contribution in [3.05, 3.63) is 41.2 Å². The number of rotatable bonds is 3. The van der Waals surface area contributed by atoms with Crippen molar-refractivity contribution in [1.29, 1.82) is 0 Å². The van der Waals surface area contributed by atoms with Crippen molar-refractivity contribution in [2.24, 2.45) is 5.18 Å². The van der Waals surface area contributed by atoms with Crippen molar-refractivity contribution >= 4 is 0 Å². The van der Waals surface area contributed by atoms with Crippen LogP contribution < -0.4 is 0 Å². The van der Waals surface area contributed by atoms with Crippen LogP contribution in [0.4, 0.5) is 0 Å². The molecule has 1 N–H and O–H groups in total. The molecule has 0 atom stereocenters. The molecule has 0 aromatic heterocycles. The molecule has 0 aliphatic carbocycles. The van der Waals surface area contributed by atoms with E-state index >= 15 is 0 Å². The zero-order valence-electron chi connectivity index (χ0n) is 5.74. The highest BCUT2D eigenvalue weighted by Crippen LogP contribution is 2.06. The van der Waals surface area contributed by atoms with Crippen LogP contribution in [0, 0.1) is 4.91 Å². The molecule has 10 heavy (non-hydrogen) atoms. The van der Waals surface area contributed by atoms with Crippen molar-refractivity contribution in [1.82, 2.24) is 0 Å². The van der Waals surface area contributed by atoms with Gasteiger partial charge in [0, 0.05) is 0 Å². The third-order valence-electron chi connectivity index (χ3n) is 0.910. The lowest BCUT2D eigenvalue weighted by Crippen LogP contribution is -1.81. The summed E-state index contributed by atoms with van der Waals surface area (Å²) < 4.78 is 0. The second kappa shape index (κ2) is 4.49. The first-order valence-electron chi connectivity index (χ1n) is 2.78. The second-order valence-electron chi connectivity index (χ2n) is 1.55. The van der Waals surface area contributed by atoms with Gasteiger partial charge in [-0.05, 0) is 24.3 Å². The molecule has 0 saturated carbocycles. The van der Waals surface area contributed by atoms with Crippen molar-refractivity contribution in [2.75, 3.05) is 0 Å². The maximum absolute atomic E-state index is 9.93. The Morgan fingerprint density at radius 3 is 2.60 bits per heavy atom. The molecule has 0 aromatic rings. The van der Waals surface area contributed by atoms with Crippen LogP contribution >= 0.6 is 0 Å². The number of nitroso groups, excluding NO2 is 1. The van der Waals surface area contributed by atoms with Crippen LogP contribution in [0.2, 0.25) is 0 Å². The summed E-state index contributed by atoms with van der Waals surface area (Å²) in [6.07, 6.45) is 4.11. The average Bonchev–Trinajstić information content (AvgIpc) is 1.99. The van der Waals surface area contributed by atoms with Gasteiger partial charge in [-0.3, -0.25) is 0 Å². The average molecular weight is 139 g/mol. The summed E-state index contributed by atoms with van der Waals surface area (Å²) in [7, 11) is 0. The van der Waals surface area contributed by atoms with Crippen LogP contribution in [-0.4, -0.2) is 5.11 Å². The number of hydrogen-bond acceptors (Lipinski definition) is 3. The monoisotopic (exact) mass is 139 g/mol. The summed E-state index contributed by atoms with van der Waals surface area (Å²) in [5.74, 6) is -0.130. The lowest BCUT2D eigenvalue weighted by atomic mass is 10.3. The highest BCUT2D eigenvalue weighted by Gasteiger charge is 1.98. The molecule has 0 rings (SSSR count). The number of nitrogens with zero attached hydrogens (tertiary/aromatic N) is 1. The smallest absolute Gasteiger partial charge is 0.149 e. The summed E-state index contributed by atoms with van der Waals surface area (Å²) in [6.45, 7) is 4.96. The minimum Gasteiger partial charge on any atom is -0.506 e. The summed E-state index contributed by atoms with van der Waals surface area (Å²) in [4.78, 5) is 9.93. The number of hydrogen-bond donors (Lipinski definition) is 1. The van der Waals surface area contributed by atoms with Crippen LogP contribution in [0.15, 0.2) is 41.4 Å². The first kappa shape index (κ1) is 8.62. The minimum absolute atomic E-state index is 0.00231. The van der Waals surface area contributed by atoms with Crippen LogP contribution in [0.3, 0.4) is 0 Å². The van der Waals surface area contributed by atoms with Gasteiger partial charge in [0.25, 0.3) is 0 Å². The first-order chi connectivity index (χ1) is 4.76. The molecule has 0 spiro atoms. The minimum atomic E-state index is -0.130. The van der Waals surface area contributed by atoms with E-state index in [4.69, 9.17) is 5.11 Å². The Morgan fingerprint density at radius 2 is 2.30 bits per heavy atom. The molecule has 3 nitrogen and oxygen atoms in total. The summed E-state index contributed by atoms with van der Waals surface area (Å²) in [5, 5.41) is 11.5. The Balaban J connectivity index is 4.51. The Bertz CT molecular complexity index is 192. The third-order valence-corrected chi connectivity index (χ3v) is 0.910. The van der Waals surface area contributed by atoms with Gasteiger partial charge < -0.3 is 5.11 Å². The standard InChI is InChI=1S/C7H9NO2/c1-3-5-6(8-10)7(9)4-2/h3-5,9H,1H2,2H3/b6-5+,7-4+. The molecule has 0 fully saturated rings. The largest absolute Gasteiger partial charge is 0.506 e. The molecule has 0 amide bonds. The van der Waals surface area contributed by atoms with Crippen molar-refractivity contribution in [2.45, 2.75) is 6.92 Å². The Morgan fingerprint density at radius 1 is 1.70 bits per heavy atom. The van der Waals surface area contributed by atoms with Gasteiger partial charge in [-0.2, -0.15) is 0 Å². The van der Waals surface area contributed by atoms with Crippen LogP contribution in [0.25, 0.3) is 0 Å². The molecular formula is C7H9NO2. The van der Waals surface area contributed by atoms with E-state index < -0.39 is 0 Å². The van der Waals surface area contributed by atoms with E-state index in [1.165, 1.54) is 18.2 Å². The Kier molecular flexibility index (Phi) is 3.87. The van der Waals surface area contributed by atoms with Crippen LogP contribution in [-0.2, 0) is 0 Å². The Hall–Kier alpha value is -1.38. The number of aliphatic hydroxyl groups is 1. The van der Waals surface area contributed by atoms with Gasteiger partial charge in [0.15, 0.2) is 0 Å². The molecule has 0 heterocycles. The van der Waals surface area contributed by atoms with Gasteiger partial charge in [0.05, 0.1) is 0 Å². The SMILES string of the molecule is C=C/C=C(N=O)\C(O)=C/C. The molecule has 0 bridgehead atoms. The van der Waals surface area contributed by atoms with E-state index in [9.17, 15) is 4.91 Å². The highest BCUT2D eigenvalue weighted by atomic mass is 16.3. The fourth-order valence-electron chi connectivity index (χ4n) is 0.422. The number of aliphatic hydroxyl groups excluding tert-OH is 1. The van der Waals surface area contributed by atoms with E-state index in [0.29, 0.717) is 0 Å². The molecule has 0 radical (unpaired) electrons. The van der Waals surface area contributed by atoms with Crippen molar-refractivity contribution in [3.63, 3.8) is 0 Å². The third kappa shape index (κ3) is 2.26. The van der Waals surface area contributed by atoms with Gasteiger partial charge in [0.1, 0.15) is 11.5 Å². The zero-order valence-corrected chi connectivity index (χ0v) is 5.74. The maximum Gasteiger partial charge on any atom is 0.149 e. The molecular weight excluding hydrogens is 130 g/mol. The topological polar surface area (TPSA) is 49.7 Å². The predicted octanol–water partition coefficient (Wildman–Crippen LogP) is 2.28. The lowest BCUT2D eigenvalue weighted by Gasteiger charge is -1.91. The zero-order chi connectivity index (χ0) is 7.98. The van der Waals surface area contributed by atoms with E-state index in [1.54, 1.807) is 6.92 Å². The summed E-state index contributed by atoms with van der Waals surface area (Å²) in [5.41, 5.74) is -0.00231. The van der Waals surface area contributed by atoms with Crippen LogP contribution in [0.1, 0.15) is 6.92 Å². The predicted molar refractivity (Wildman–Crippen MR) is 40.5 cm³/mol.